The Morgan fingerprint density at radius 3 is 2.54 bits per heavy atom. The van der Waals surface area contributed by atoms with Gasteiger partial charge in [0.25, 0.3) is 5.91 Å². The summed E-state index contributed by atoms with van der Waals surface area (Å²) in [5.41, 5.74) is 0.944. The van der Waals surface area contributed by atoms with E-state index in [0.717, 1.165) is 24.1 Å². The molecule has 3 rings (SSSR count). The summed E-state index contributed by atoms with van der Waals surface area (Å²) in [4.78, 5) is 45.7. The average Bonchev–Trinajstić information content (AvgIpc) is 3.74. The topological polar surface area (TPSA) is 140 Å². The van der Waals surface area contributed by atoms with Crippen molar-refractivity contribution >= 4 is 18.1 Å². The Morgan fingerprint density at radius 1 is 1.23 bits per heavy atom. The van der Waals surface area contributed by atoms with Crippen LogP contribution in [0.25, 0.3) is 0 Å². The van der Waals surface area contributed by atoms with Gasteiger partial charge in [-0.15, -0.1) is 0 Å². The maximum atomic E-state index is 13.9. The van der Waals surface area contributed by atoms with Gasteiger partial charge in [-0.1, -0.05) is 0 Å². The highest BCUT2D eigenvalue weighted by atomic mass is 16.6. The number of nitrogens with zero attached hydrogens (tertiary/aromatic N) is 3. The third-order valence-electron chi connectivity index (χ3n) is 6.54. The number of aryl methyl sites for hydroxylation is 1. The zero-order valence-corrected chi connectivity index (χ0v) is 23.8. The number of hydrogen-bond acceptors (Lipinski definition) is 9. The van der Waals surface area contributed by atoms with E-state index in [1.165, 1.54) is 12.0 Å². The highest BCUT2D eigenvalue weighted by molar-refractivity contribution is 5.83. The molecule has 12 heteroatoms. The number of hydrogen-bond donors (Lipinski definition) is 2. The highest BCUT2D eigenvalue weighted by Gasteiger charge is 2.43. The van der Waals surface area contributed by atoms with Crippen LogP contribution >= 0.6 is 0 Å². The third kappa shape index (κ3) is 8.69. The van der Waals surface area contributed by atoms with Crippen molar-refractivity contribution in [3.63, 3.8) is 0 Å². The van der Waals surface area contributed by atoms with Crippen LogP contribution in [0.1, 0.15) is 64.3 Å². The minimum atomic E-state index is -0.931. The van der Waals surface area contributed by atoms with Gasteiger partial charge in [0.2, 0.25) is 5.88 Å². The fourth-order valence-corrected chi connectivity index (χ4v) is 4.51. The second-order valence-corrected chi connectivity index (χ2v) is 10.9. The lowest BCUT2D eigenvalue weighted by atomic mass is 10.0. The summed E-state index contributed by atoms with van der Waals surface area (Å²) in [5, 5.41) is 12.5. The molecule has 2 aliphatic rings. The van der Waals surface area contributed by atoms with Gasteiger partial charge in [-0.05, 0) is 65.0 Å². The molecule has 1 saturated carbocycles. The normalized spacial score (nSPS) is 20.1. The molecule has 0 unspecified atom stereocenters. The van der Waals surface area contributed by atoms with Crippen molar-refractivity contribution in [1.29, 1.82) is 0 Å². The van der Waals surface area contributed by atoms with E-state index in [1.807, 2.05) is 24.0 Å². The van der Waals surface area contributed by atoms with Gasteiger partial charge in [0.15, 0.2) is 6.10 Å². The summed E-state index contributed by atoms with van der Waals surface area (Å²) in [6.45, 7) is 7.58. The molecule has 0 radical (unpaired) electrons. The number of ether oxygens (including phenoxy) is 4. The molecule has 3 atom stereocenters. The second-order valence-electron chi connectivity index (χ2n) is 10.9. The molecule has 12 nitrogen and oxygen atoms in total. The first-order valence-corrected chi connectivity index (χ1v) is 13.4. The molecule has 0 bridgehead atoms. The van der Waals surface area contributed by atoms with Crippen LogP contribution in [0.2, 0.25) is 0 Å². The lowest BCUT2D eigenvalue weighted by Crippen LogP contribution is -2.57. The molecule has 218 valence electrons. The maximum absolute atomic E-state index is 13.9. The summed E-state index contributed by atoms with van der Waals surface area (Å²) in [7, 11) is 2.86. The van der Waals surface area contributed by atoms with Crippen LogP contribution in [0.5, 0.6) is 5.88 Å². The smallest absolute Gasteiger partial charge is 0.410 e. The number of morpholine rings is 1. The van der Waals surface area contributed by atoms with E-state index in [4.69, 9.17) is 14.2 Å². The first-order valence-electron chi connectivity index (χ1n) is 13.4. The summed E-state index contributed by atoms with van der Waals surface area (Å²) in [6, 6.07) is 3.49. The predicted molar refractivity (Wildman–Crippen MR) is 141 cm³/mol. The third-order valence-corrected chi connectivity index (χ3v) is 6.54. The molecule has 3 amide bonds. The minimum Gasteiger partial charge on any atom is -0.481 e. The lowest BCUT2D eigenvalue weighted by Gasteiger charge is -2.40. The van der Waals surface area contributed by atoms with Gasteiger partial charge >= 0.3 is 12.2 Å². The zero-order chi connectivity index (χ0) is 28.7. The van der Waals surface area contributed by atoms with Crippen molar-refractivity contribution in [2.45, 2.75) is 83.3 Å². The van der Waals surface area contributed by atoms with E-state index in [2.05, 4.69) is 15.0 Å². The Bertz CT molecular complexity index is 1010. The Labute approximate surface area is 229 Å². The van der Waals surface area contributed by atoms with Crippen LogP contribution < -0.4 is 10.1 Å². The van der Waals surface area contributed by atoms with Gasteiger partial charge in [0.05, 0.1) is 46.1 Å². The van der Waals surface area contributed by atoms with Gasteiger partial charge in [0, 0.05) is 24.3 Å². The molecule has 1 aliphatic carbocycles. The van der Waals surface area contributed by atoms with Gasteiger partial charge in [-0.3, -0.25) is 4.79 Å². The molecule has 1 aliphatic heterocycles. The molecular formula is C27H42N4O8. The monoisotopic (exact) mass is 550 g/mol. The van der Waals surface area contributed by atoms with Crippen LogP contribution in [0.3, 0.4) is 0 Å². The Morgan fingerprint density at radius 2 is 1.95 bits per heavy atom. The summed E-state index contributed by atoms with van der Waals surface area (Å²) in [5.74, 6) is 0.195. The van der Waals surface area contributed by atoms with E-state index in [0.29, 0.717) is 25.3 Å². The number of rotatable bonds is 10. The molecule has 0 aromatic carbocycles. The summed E-state index contributed by atoms with van der Waals surface area (Å²) < 4.78 is 21.5. The van der Waals surface area contributed by atoms with Crippen molar-refractivity contribution in [3.8, 4) is 5.88 Å². The number of carbonyl (C=O) groups is 3. The highest BCUT2D eigenvalue weighted by Crippen LogP contribution is 2.36. The number of carbonyl (C=O) groups excluding carboxylic acids is 3. The molecule has 0 spiro atoms. The van der Waals surface area contributed by atoms with Crippen LogP contribution in [-0.2, 0) is 25.4 Å². The van der Waals surface area contributed by atoms with E-state index >= 15 is 0 Å². The number of nitrogens with one attached hydrogen (secondary N) is 1. The zero-order valence-electron chi connectivity index (χ0n) is 23.8. The van der Waals surface area contributed by atoms with Crippen molar-refractivity contribution in [3.05, 3.63) is 23.4 Å². The van der Waals surface area contributed by atoms with Gasteiger partial charge in [-0.25, -0.2) is 14.6 Å². The van der Waals surface area contributed by atoms with Crippen molar-refractivity contribution in [1.82, 2.24) is 20.1 Å². The number of amides is 3. The number of pyridine rings is 1. The Balaban J connectivity index is 1.77. The first kappa shape index (κ1) is 30.4. The minimum absolute atomic E-state index is 0.0400. The second kappa shape index (κ2) is 13.3. The van der Waals surface area contributed by atoms with Crippen LogP contribution in [-0.4, -0.2) is 102 Å². The van der Waals surface area contributed by atoms with E-state index in [1.54, 1.807) is 27.9 Å². The fraction of sp³-hybridized carbons (Fsp3) is 0.704. The molecule has 1 aromatic heterocycles. The summed E-state index contributed by atoms with van der Waals surface area (Å²) in [6.07, 6.45) is 0.327. The van der Waals surface area contributed by atoms with E-state index < -0.39 is 30.0 Å². The quantitative estimate of drug-likeness (QED) is 0.420. The van der Waals surface area contributed by atoms with Crippen LogP contribution in [0, 0.1) is 0 Å². The number of alkyl carbamates (subject to hydrolysis) is 1. The van der Waals surface area contributed by atoms with E-state index in [-0.39, 0.29) is 37.7 Å². The molecule has 1 saturated heterocycles. The van der Waals surface area contributed by atoms with Gasteiger partial charge in [0.1, 0.15) is 5.60 Å². The molecular weight excluding hydrogens is 508 g/mol. The van der Waals surface area contributed by atoms with E-state index in [9.17, 15) is 19.5 Å². The molecule has 2 N–H and O–H groups in total. The Kier molecular flexibility index (Phi) is 10.4. The van der Waals surface area contributed by atoms with Crippen molar-refractivity contribution in [2.75, 3.05) is 40.5 Å². The van der Waals surface area contributed by atoms with Gasteiger partial charge in [-0.2, -0.15) is 0 Å². The average molecular weight is 551 g/mol. The number of aliphatic hydroxyl groups is 1. The predicted octanol–water partition coefficient (Wildman–Crippen LogP) is 2.43. The van der Waals surface area contributed by atoms with Gasteiger partial charge < -0.3 is 39.2 Å². The largest absolute Gasteiger partial charge is 0.481 e. The molecule has 1 aromatic rings. The Hall–Kier alpha value is -3.12. The number of methoxy groups -OCH3 is 2. The number of aliphatic hydroxyl groups excluding tert-OH is 1. The standard InChI is InChI=1S/C27H42N4O8/c1-17(18-12-19(29-23(13-18)36-5)8-7-11-28-25(34)37-6)31(20-9-10-20)24(33)22-15-30(14-21(16-32)38-22)26(35)39-27(2,3)4/h12-13,17,20-22,32H,7-11,14-16H2,1-6H3,(H,28,34)/t17-,21+,22-/m1/s1. The first-order chi connectivity index (χ1) is 18.4. The van der Waals surface area contributed by atoms with Crippen molar-refractivity contribution < 1.29 is 38.4 Å². The molecule has 2 fully saturated rings. The SMILES string of the molecule is COC(=O)NCCCc1cc([C@@H](C)N(C(=O)[C@H]2CN(C(=O)OC(C)(C)C)C[C@@H](CO)O2)C2CC2)cc(OC)n1. The summed E-state index contributed by atoms with van der Waals surface area (Å²) >= 11 is 0. The lowest BCUT2D eigenvalue weighted by molar-refractivity contribution is -0.162. The van der Waals surface area contributed by atoms with Crippen molar-refractivity contribution in [2.24, 2.45) is 0 Å². The molecule has 39 heavy (non-hydrogen) atoms. The maximum Gasteiger partial charge on any atom is 0.410 e. The molecule has 2 heterocycles. The van der Waals surface area contributed by atoms with Crippen LogP contribution in [0.4, 0.5) is 9.59 Å². The fourth-order valence-electron chi connectivity index (χ4n) is 4.51. The van der Waals surface area contributed by atoms with Crippen LogP contribution in [0.15, 0.2) is 12.1 Å². The number of aromatic nitrogens is 1.